The van der Waals surface area contributed by atoms with Gasteiger partial charge in [0.05, 0.1) is 5.92 Å². The van der Waals surface area contributed by atoms with E-state index in [1.54, 1.807) is 6.08 Å². The molecule has 3 saturated carbocycles. The van der Waals surface area contributed by atoms with Gasteiger partial charge in [0.15, 0.2) is 5.78 Å². The molecule has 0 aromatic carbocycles. The van der Waals surface area contributed by atoms with E-state index in [-0.39, 0.29) is 11.7 Å². The molecule has 3 fully saturated rings. The number of fused-ring (bicyclic) bond motifs is 5. The third-order valence-electron chi connectivity index (χ3n) is 6.58. The third kappa shape index (κ3) is 2.01. The van der Waals surface area contributed by atoms with Crippen molar-refractivity contribution in [2.24, 2.45) is 35.5 Å². The highest BCUT2D eigenvalue weighted by Gasteiger charge is 2.51. The maximum absolute atomic E-state index is 11.6. The molecule has 1 N–H and O–H groups in total. The lowest BCUT2D eigenvalue weighted by molar-refractivity contribution is -0.144. The van der Waals surface area contributed by atoms with Crippen LogP contribution in [0.4, 0.5) is 0 Å². The highest BCUT2D eigenvalue weighted by Crippen LogP contribution is 2.57. The number of carboxylic acids is 1. The van der Waals surface area contributed by atoms with Gasteiger partial charge >= 0.3 is 5.97 Å². The number of ketones is 1. The van der Waals surface area contributed by atoms with Gasteiger partial charge in [-0.25, -0.2) is 0 Å². The van der Waals surface area contributed by atoms with E-state index in [1.165, 1.54) is 5.57 Å². The number of hydrogen-bond acceptors (Lipinski definition) is 2. The van der Waals surface area contributed by atoms with Gasteiger partial charge in [-0.2, -0.15) is 0 Å². The standard InChI is InChI=1S/C18H22O3/c19-11-2-4-12-10(9-11)1-3-14-13(12)5-6-16-15(14)7-8-17(16)18(20)21/h2,4,9,12-17H,1,3,5-8H2,(H,20,21). The Balaban J connectivity index is 1.59. The molecule has 0 bridgehead atoms. The van der Waals surface area contributed by atoms with E-state index in [0.717, 1.165) is 38.5 Å². The molecule has 4 aliphatic carbocycles. The van der Waals surface area contributed by atoms with Crippen LogP contribution >= 0.6 is 0 Å². The van der Waals surface area contributed by atoms with Crippen LogP contribution in [0.1, 0.15) is 38.5 Å². The average Bonchev–Trinajstić information content (AvgIpc) is 2.90. The maximum atomic E-state index is 11.6. The Morgan fingerprint density at radius 1 is 1.00 bits per heavy atom. The molecule has 0 aliphatic heterocycles. The Morgan fingerprint density at radius 2 is 1.71 bits per heavy atom. The lowest BCUT2D eigenvalue weighted by Gasteiger charge is -2.48. The summed E-state index contributed by atoms with van der Waals surface area (Å²) >= 11 is 0. The molecule has 112 valence electrons. The van der Waals surface area contributed by atoms with Crippen molar-refractivity contribution in [2.75, 3.05) is 0 Å². The minimum atomic E-state index is -0.583. The monoisotopic (exact) mass is 286 g/mol. The highest BCUT2D eigenvalue weighted by molar-refractivity contribution is 6.00. The lowest BCUT2D eigenvalue weighted by atomic mass is 9.56. The van der Waals surface area contributed by atoms with E-state index >= 15 is 0 Å². The van der Waals surface area contributed by atoms with Crippen LogP contribution in [0.25, 0.3) is 0 Å². The fourth-order valence-corrected chi connectivity index (χ4v) is 5.78. The SMILES string of the molecule is O=C1C=CC2C(=C1)CCC1C2CCC2C(C(=O)O)CCC21. The average molecular weight is 286 g/mol. The second-order valence-electron chi connectivity index (χ2n) is 7.30. The van der Waals surface area contributed by atoms with E-state index in [4.69, 9.17) is 0 Å². The van der Waals surface area contributed by atoms with E-state index in [2.05, 4.69) is 6.08 Å². The van der Waals surface area contributed by atoms with E-state index in [9.17, 15) is 14.7 Å². The van der Waals surface area contributed by atoms with Crippen LogP contribution in [-0.4, -0.2) is 16.9 Å². The van der Waals surface area contributed by atoms with E-state index < -0.39 is 5.97 Å². The number of carbonyl (C=O) groups is 2. The summed E-state index contributed by atoms with van der Waals surface area (Å²) in [6.07, 6.45) is 12.1. The summed E-state index contributed by atoms with van der Waals surface area (Å²) in [5.74, 6) is 2.24. The predicted molar refractivity (Wildman–Crippen MR) is 78.5 cm³/mol. The van der Waals surface area contributed by atoms with Gasteiger partial charge in [-0.1, -0.05) is 11.6 Å². The molecule has 0 radical (unpaired) electrons. The molecule has 0 heterocycles. The molecule has 6 unspecified atom stereocenters. The summed E-state index contributed by atoms with van der Waals surface area (Å²) in [6, 6.07) is 0. The third-order valence-corrected chi connectivity index (χ3v) is 6.58. The van der Waals surface area contributed by atoms with Crippen LogP contribution in [0.5, 0.6) is 0 Å². The predicted octanol–water partition coefficient (Wildman–Crippen LogP) is 3.21. The fourth-order valence-electron chi connectivity index (χ4n) is 5.78. The molecule has 0 spiro atoms. The molecule has 3 heteroatoms. The summed E-state index contributed by atoms with van der Waals surface area (Å²) in [4.78, 5) is 23.0. The topological polar surface area (TPSA) is 54.4 Å². The zero-order valence-electron chi connectivity index (χ0n) is 12.2. The maximum Gasteiger partial charge on any atom is 0.306 e. The van der Waals surface area contributed by atoms with Crippen LogP contribution in [-0.2, 0) is 9.59 Å². The summed E-state index contributed by atoms with van der Waals surface area (Å²) < 4.78 is 0. The molecule has 0 aromatic heterocycles. The smallest absolute Gasteiger partial charge is 0.306 e. The van der Waals surface area contributed by atoms with Gasteiger partial charge in [0.25, 0.3) is 0 Å². The summed E-state index contributed by atoms with van der Waals surface area (Å²) in [6.45, 7) is 0. The molecule has 0 aromatic rings. The molecular weight excluding hydrogens is 264 g/mol. The van der Waals surface area contributed by atoms with Crippen molar-refractivity contribution in [2.45, 2.75) is 38.5 Å². The number of allylic oxidation sites excluding steroid dienone is 4. The molecule has 4 aliphatic rings. The Morgan fingerprint density at radius 3 is 2.52 bits per heavy atom. The molecule has 21 heavy (non-hydrogen) atoms. The Labute approximate surface area is 125 Å². The molecular formula is C18H22O3. The Bertz CT molecular complexity index is 545. The Kier molecular flexibility index (Phi) is 3.05. The highest BCUT2D eigenvalue weighted by atomic mass is 16.4. The molecule has 3 nitrogen and oxygen atoms in total. The van der Waals surface area contributed by atoms with Crippen molar-refractivity contribution < 1.29 is 14.7 Å². The van der Waals surface area contributed by atoms with Crippen LogP contribution in [0.15, 0.2) is 23.8 Å². The normalized spacial score (nSPS) is 44.6. The second kappa shape index (κ2) is 4.82. The number of hydrogen-bond donors (Lipinski definition) is 1. The number of rotatable bonds is 1. The summed E-state index contributed by atoms with van der Waals surface area (Å²) in [5.41, 5.74) is 1.33. The largest absolute Gasteiger partial charge is 0.481 e. The summed E-state index contributed by atoms with van der Waals surface area (Å²) in [7, 11) is 0. The van der Waals surface area contributed by atoms with Crippen molar-refractivity contribution in [3.63, 3.8) is 0 Å². The van der Waals surface area contributed by atoms with Crippen LogP contribution in [0.2, 0.25) is 0 Å². The van der Waals surface area contributed by atoms with Gasteiger partial charge in [0.2, 0.25) is 0 Å². The van der Waals surface area contributed by atoms with Gasteiger partial charge in [0, 0.05) is 5.92 Å². The van der Waals surface area contributed by atoms with Crippen molar-refractivity contribution >= 4 is 11.8 Å². The molecule has 6 atom stereocenters. The minimum Gasteiger partial charge on any atom is -0.481 e. The van der Waals surface area contributed by atoms with Crippen LogP contribution < -0.4 is 0 Å². The first-order valence-electron chi connectivity index (χ1n) is 8.30. The van der Waals surface area contributed by atoms with Gasteiger partial charge in [-0.15, -0.1) is 0 Å². The van der Waals surface area contributed by atoms with Crippen molar-refractivity contribution in [1.29, 1.82) is 0 Å². The fraction of sp³-hybridized carbons (Fsp3) is 0.667. The molecule has 0 saturated heterocycles. The number of carboxylic acid groups (broad SMARTS) is 1. The van der Waals surface area contributed by atoms with Crippen molar-refractivity contribution in [3.8, 4) is 0 Å². The zero-order chi connectivity index (χ0) is 14.6. The first-order chi connectivity index (χ1) is 10.1. The van der Waals surface area contributed by atoms with Gasteiger partial charge in [-0.3, -0.25) is 9.59 Å². The lowest BCUT2D eigenvalue weighted by Crippen LogP contribution is -2.41. The van der Waals surface area contributed by atoms with E-state index in [1.807, 2.05) is 6.08 Å². The van der Waals surface area contributed by atoms with Gasteiger partial charge in [0.1, 0.15) is 0 Å². The van der Waals surface area contributed by atoms with Gasteiger partial charge < -0.3 is 5.11 Å². The number of carbonyl (C=O) groups excluding carboxylic acids is 1. The molecule has 4 rings (SSSR count). The van der Waals surface area contributed by atoms with Crippen LogP contribution in [0.3, 0.4) is 0 Å². The quantitative estimate of drug-likeness (QED) is 0.805. The first kappa shape index (κ1) is 13.3. The number of aliphatic carboxylic acids is 1. The zero-order valence-corrected chi connectivity index (χ0v) is 12.2. The Hall–Kier alpha value is -1.38. The summed E-state index contributed by atoms with van der Waals surface area (Å²) in [5, 5.41) is 9.41. The second-order valence-corrected chi connectivity index (χ2v) is 7.30. The van der Waals surface area contributed by atoms with E-state index in [0.29, 0.717) is 29.6 Å². The minimum absolute atomic E-state index is 0.101. The van der Waals surface area contributed by atoms with Crippen molar-refractivity contribution in [1.82, 2.24) is 0 Å². The first-order valence-corrected chi connectivity index (χ1v) is 8.30. The van der Waals surface area contributed by atoms with Gasteiger partial charge in [-0.05, 0) is 74.3 Å². The van der Waals surface area contributed by atoms with Crippen LogP contribution in [0, 0.1) is 35.5 Å². The van der Waals surface area contributed by atoms with Crippen molar-refractivity contribution in [3.05, 3.63) is 23.8 Å². The molecule has 0 amide bonds.